The van der Waals surface area contributed by atoms with Gasteiger partial charge in [0.1, 0.15) is 17.7 Å². The number of carboxylic acid groups (broad SMARTS) is 1. The van der Waals surface area contributed by atoms with Crippen LogP contribution in [-0.2, 0) is 19.1 Å². The number of azide groups is 1. The first-order chi connectivity index (χ1) is 9.82. The average molecular weight is 333 g/mol. The number of carboxylic acids is 1. The minimum Gasteiger partial charge on any atom is -0.477 e. The summed E-state index contributed by atoms with van der Waals surface area (Å²) < 4.78 is 4.78. The van der Waals surface area contributed by atoms with E-state index in [0.717, 1.165) is 16.7 Å². The summed E-state index contributed by atoms with van der Waals surface area (Å²) in [5, 5.41) is 11.7. The number of carbonyl (C=O) groups excluding carboxylic acids is 2. The zero-order valence-corrected chi connectivity index (χ0v) is 12.2. The van der Waals surface area contributed by atoms with E-state index in [-0.39, 0.29) is 23.6 Å². The van der Waals surface area contributed by atoms with Crippen molar-refractivity contribution in [1.82, 2.24) is 4.90 Å². The van der Waals surface area contributed by atoms with Gasteiger partial charge in [-0.2, -0.15) is 0 Å². The third kappa shape index (κ3) is 2.41. The number of esters is 1. The van der Waals surface area contributed by atoms with Crippen LogP contribution in [0.15, 0.2) is 16.4 Å². The predicted octanol–water partition coefficient (Wildman–Crippen LogP) is 1.05. The van der Waals surface area contributed by atoms with Gasteiger partial charge in [0.2, 0.25) is 5.00 Å². The average Bonchev–Trinajstić information content (AvgIpc) is 2.43. The lowest BCUT2D eigenvalue weighted by atomic mass is 10.0. The zero-order valence-electron chi connectivity index (χ0n) is 10.6. The van der Waals surface area contributed by atoms with Crippen molar-refractivity contribution in [1.29, 1.82) is 0 Å². The molecule has 0 saturated carbocycles. The number of aliphatic carboxylic acids is 1. The van der Waals surface area contributed by atoms with E-state index in [9.17, 15) is 19.5 Å². The zero-order chi connectivity index (χ0) is 15.8. The van der Waals surface area contributed by atoms with Gasteiger partial charge < -0.3 is 9.84 Å². The van der Waals surface area contributed by atoms with Crippen molar-refractivity contribution in [3.8, 4) is 0 Å². The molecule has 1 N–H and O–H groups in total. The van der Waals surface area contributed by atoms with Crippen LogP contribution in [0.3, 0.4) is 0 Å². The van der Waals surface area contributed by atoms with E-state index < -0.39 is 28.2 Å². The van der Waals surface area contributed by atoms with Gasteiger partial charge in [-0.3, -0.25) is 14.5 Å². The molecule has 0 bridgehead atoms. The molecule has 2 heterocycles. The maximum atomic E-state index is 12.0. The van der Waals surface area contributed by atoms with Crippen molar-refractivity contribution in [2.24, 2.45) is 5.11 Å². The predicted molar refractivity (Wildman–Crippen MR) is 72.1 cm³/mol. The fraction of sp³-hybridized carbons (Fsp3) is 0.500. The number of halogens is 1. The normalized spacial score (nSPS) is 27.4. The number of thioether (sulfide) groups is 1. The second-order valence-corrected chi connectivity index (χ2v) is 5.88. The highest BCUT2D eigenvalue weighted by atomic mass is 35.5. The number of carbonyl (C=O) groups is 3. The third-order valence-corrected chi connectivity index (χ3v) is 4.87. The molecule has 1 unspecified atom stereocenters. The first kappa shape index (κ1) is 15.5. The number of β-lactam (4-membered cyclic amide) rings is 1. The fourth-order valence-corrected chi connectivity index (χ4v) is 3.73. The molecule has 2 aliphatic heterocycles. The molecule has 11 heteroatoms. The highest BCUT2D eigenvalue weighted by Gasteiger charge is 2.64. The van der Waals surface area contributed by atoms with E-state index >= 15 is 0 Å². The summed E-state index contributed by atoms with van der Waals surface area (Å²) >= 11 is 7.08. The molecule has 0 aromatic carbocycles. The molecule has 0 aromatic rings. The van der Waals surface area contributed by atoms with Gasteiger partial charge in [-0.05, 0) is 5.53 Å². The van der Waals surface area contributed by atoms with Gasteiger partial charge in [-0.15, -0.1) is 11.8 Å². The lowest BCUT2D eigenvalue weighted by molar-refractivity contribution is -0.150. The molecule has 0 radical (unpaired) electrons. The van der Waals surface area contributed by atoms with Gasteiger partial charge >= 0.3 is 11.9 Å². The Labute approximate surface area is 127 Å². The second-order valence-electron chi connectivity index (χ2n) is 4.24. The topological polar surface area (TPSA) is 133 Å². The van der Waals surface area contributed by atoms with Crippen LogP contribution < -0.4 is 0 Å². The Balaban J connectivity index is 2.35. The molecular weight excluding hydrogens is 324 g/mol. The number of ether oxygens (including phenoxy) is 1. The highest BCUT2D eigenvalue weighted by molar-refractivity contribution is 8.00. The van der Waals surface area contributed by atoms with Crippen molar-refractivity contribution in [2.45, 2.75) is 17.3 Å². The van der Waals surface area contributed by atoms with Gasteiger partial charge in [-0.25, -0.2) is 4.79 Å². The second kappa shape index (κ2) is 5.47. The number of nitrogens with zero attached hydrogens (tertiary/aromatic N) is 4. The molecule has 1 fully saturated rings. The fourth-order valence-electron chi connectivity index (χ4n) is 2.02. The molecule has 2 aliphatic rings. The van der Waals surface area contributed by atoms with Gasteiger partial charge in [0.15, 0.2) is 0 Å². The summed E-state index contributed by atoms with van der Waals surface area (Å²) in [6.45, 7) is 0.969. The van der Waals surface area contributed by atoms with E-state index in [1.165, 1.54) is 6.92 Å². The smallest absolute Gasteiger partial charge is 0.352 e. The minimum atomic E-state index is -1.81. The molecule has 9 nitrogen and oxygen atoms in total. The highest BCUT2D eigenvalue weighted by Crippen LogP contribution is 2.50. The summed E-state index contributed by atoms with van der Waals surface area (Å²) in [6, 6.07) is 0. The van der Waals surface area contributed by atoms with Crippen LogP contribution in [0.4, 0.5) is 0 Å². The Bertz CT molecular complexity index is 617. The van der Waals surface area contributed by atoms with E-state index in [2.05, 4.69) is 10.0 Å². The van der Waals surface area contributed by atoms with Crippen LogP contribution in [0.2, 0.25) is 0 Å². The molecular formula is C10H9ClN4O5S. The van der Waals surface area contributed by atoms with Crippen LogP contribution >= 0.6 is 23.4 Å². The van der Waals surface area contributed by atoms with Crippen LogP contribution in [0.1, 0.15) is 6.92 Å². The third-order valence-electron chi connectivity index (χ3n) is 2.91. The van der Waals surface area contributed by atoms with Crippen LogP contribution in [-0.4, -0.2) is 50.6 Å². The van der Waals surface area contributed by atoms with Crippen molar-refractivity contribution in [3.63, 3.8) is 0 Å². The molecule has 21 heavy (non-hydrogen) atoms. The lowest BCUT2D eigenvalue weighted by Crippen LogP contribution is -2.70. The molecule has 112 valence electrons. The van der Waals surface area contributed by atoms with Gasteiger partial charge in [0, 0.05) is 23.2 Å². The standard InChI is InChI=1S/C10H9ClN4O5S/c1-4(16)20-2-5-3-21-9-10(11,13-14-12)8(19)15(9)6(5)7(17)18/h9H,2-3H2,1H3,(H,17,18)/t9-,10?/m1/s1. The largest absolute Gasteiger partial charge is 0.477 e. The van der Waals surface area contributed by atoms with Crippen molar-refractivity contribution >= 4 is 41.2 Å². The van der Waals surface area contributed by atoms with Gasteiger partial charge in [-0.1, -0.05) is 16.7 Å². The Hall–Kier alpha value is -1.90. The summed E-state index contributed by atoms with van der Waals surface area (Å²) in [5.41, 5.74) is 8.46. The Morgan fingerprint density at radius 1 is 1.71 bits per heavy atom. The van der Waals surface area contributed by atoms with Crippen LogP contribution in [0.25, 0.3) is 10.4 Å². The maximum absolute atomic E-state index is 12.0. The monoisotopic (exact) mass is 332 g/mol. The molecule has 2 atom stereocenters. The molecule has 1 amide bonds. The summed E-state index contributed by atoms with van der Waals surface area (Å²) in [4.78, 5) is 35.9. The summed E-state index contributed by atoms with van der Waals surface area (Å²) in [6.07, 6.45) is 0. The van der Waals surface area contributed by atoms with Crippen LogP contribution in [0, 0.1) is 0 Å². The lowest BCUT2D eigenvalue weighted by Gasteiger charge is -2.51. The first-order valence-electron chi connectivity index (χ1n) is 5.62. The van der Waals surface area contributed by atoms with Gasteiger partial charge in [0.25, 0.3) is 5.91 Å². The van der Waals surface area contributed by atoms with E-state index in [0.29, 0.717) is 0 Å². The van der Waals surface area contributed by atoms with Gasteiger partial charge in [0.05, 0.1) is 0 Å². The van der Waals surface area contributed by atoms with E-state index in [4.69, 9.17) is 21.9 Å². The summed E-state index contributed by atoms with van der Waals surface area (Å²) in [5.74, 6) is -2.51. The number of alkyl halides is 1. The molecule has 0 aliphatic carbocycles. The van der Waals surface area contributed by atoms with E-state index in [1.807, 2.05) is 0 Å². The maximum Gasteiger partial charge on any atom is 0.352 e. The minimum absolute atomic E-state index is 0.193. The van der Waals surface area contributed by atoms with E-state index in [1.54, 1.807) is 0 Å². The number of rotatable bonds is 4. The van der Waals surface area contributed by atoms with Crippen LogP contribution in [0.5, 0.6) is 0 Å². The number of hydrogen-bond donors (Lipinski definition) is 1. The quantitative estimate of drug-likeness (QED) is 0.155. The van der Waals surface area contributed by atoms with Crippen molar-refractivity contribution < 1.29 is 24.2 Å². The Kier molecular flexibility index (Phi) is 4.04. The van der Waals surface area contributed by atoms with Crippen molar-refractivity contribution in [3.05, 3.63) is 21.7 Å². The number of amides is 1. The number of fused-ring (bicyclic) bond motifs is 1. The molecule has 0 aromatic heterocycles. The molecule has 0 spiro atoms. The Morgan fingerprint density at radius 2 is 2.38 bits per heavy atom. The number of hydrogen-bond acceptors (Lipinski definition) is 6. The Morgan fingerprint density at radius 3 is 2.90 bits per heavy atom. The first-order valence-corrected chi connectivity index (χ1v) is 7.04. The summed E-state index contributed by atoms with van der Waals surface area (Å²) in [7, 11) is 0. The van der Waals surface area contributed by atoms with Crippen molar-refractivity contribution in [2.75, 3.05) is 12.4 Å². The molecule has 2 rings (SSSR count). The molecule has 1 saturated heterocycles. The SMILES string of the molecule is CC(=O)OCC1=C(C(=O)O)N2C(=O)C(Cl)(N=[N+]=[N-])[C@H]2SC1.